The molecule has 0 atom stereocenters. The maximum atomic E-state index is 13.6. The SMILES string of the molecule is [N-]=[N+]=Nc1ccc(Oc2cccc(Br)c2)c(F)c1. The lowest BCUT2D eigenvalue weighted by molar-refractivity contribution is 0.442. The molecule has 0 radical (unpaired) electrons. The maximum absolute atomic E-state index is 13.6. The lowest BCUT2D eigenvalue weighted by Gasteiger charge is -2.07. The first-order valence-electron chi connectivity index (χ1n) is 4.97. The van der Waals surface area contributed by atoms with Crippen LogP contribution in [0.2, 0.25) is 0 Å². The predicted molar refractivity (Wildman–Crippen MR) is 69.4 cm³/mol. The van der Waals surface area contributed by atoms with Crippen molar-refractivity contribution in [3.63, 3.8) is 0 Å². The van der Waals surface area contributed by atoms with Gasteiger partial charge in [0.15, 0.2) is 11.6 Å². The average molecular weight is 308 g/mol. The second kappa shape index (κ2) is 5.53. The van der Waals surface area contributed by atoms with E-state index in [0.29, 0.717) is 5.75 Å². The van der Waals surface area contributed by atoms with Crippen LogP contribution in [-0.4, -0.2) is 0 Å². The summed E-state index contributed by atoms with van der Waals surface area (Å²) in [6.45, 7) is 0. The molecule has 0 N–H and O–H groups in total. The van der Waals surface area contributed by atoms with Crippen molar-refractivity contribution >= 4 is 21.6 Å². The van der Waals surface area contributed by atoms with Crippen molar-refractivity contribution in [1.82, 2.24) is 0 Å². The first kappa shape index (κ1) is 12.4. The van der Waals surface area contributed by atoms with Gasteiger partial charge in [-0.2, -0.15) is 0 Å². The highest BCUT2D eigenvalue weighted by molar-refractivity contribution is 9.10. The van der Waals surface area contributed by atoms with Crippen molar-refractivity contribution in [2.75, 3.05) is 0 Å². The fourth-order valence-electron chi connectivity index (χ4n) is 1.34. The fourth-order valence-corrected chi connectivity index (χ4v) is 1.72. The minimum atomic E-state index is -0.583. The fraction of sp³-hybridized carbons (Fsp3) is 0. The maximum Gasteiger partial charge on any atom is 0.166 e. The summed E-state index contributed by atoms with van der Waals surface area (Å²) in [7, 11) is 0. The summed E-state index contributed by atoms with van der Waals surface area (Å²) >= 11 is 3.30. The molecular formula is C12H7BrFN3O. The molecular weight excluding hydrogens is 301 g/mol. The third-order valence-electron chi connectivity index (χ3n) is 2.10. The lowest BCUT2D eigenvalue weighted by atomic mass is 10.3. The van der Waals surface area contributed by atoms with E-state index in [0.717, 1.165) is 10.5 Å². The highest BCUT2D eigenvalue weighted by Crippen LogP contribution is 2.29. The van der Waals surface area contributed by atoms with Crippen LogP contribution in [-0.2, 0) is 0 Å². The Morgan fingerprint density at radius 2 is 2.06 bits per heavy atom. The first-order chi connectivity index (χ1) is 8.69. The average Bonchev–Trinajstić information content (AvgIpc) is 2.33. The summed E-state index contributed by atoms with van der Waals surface area (Å²) in [6, 6.07) is 11.1. The minimum Gasteiger partial charge on any atom is -0.454 e. The van der Waals surface area contributed by atoms with Gasteiger partial charge in [-0.1, -0.05) is 27.1 Å². The number of ether oxygens (including phenoxy) is 1. The van der Waals surface area contributed by atoms with E-state index < -0.39 is 5.82 Å². The van der Waals surface area contributed by atoms with E-state index in [1.54, 1.807) is 18.2 Å². The molecule has 0 spiro atoms. The zero-order valence-corrected chi connectivity index (χ0v) is 10.6. The molecule has 0 heterocycles. The van der Waals surface area contributed by atoms with Gasteiger partial charge >= 0.3 is 0 Å². The van der Waals surface area contributed by atoms with Gasteiger partial charge in [0.1, 0.15) is 5.75 Å². The van der Waals surface area contributed by atoms with Gasteiger partial charge in [0.05, 0.1) is 0 Å². The summed E-state index contributed by atoms with van der Waals surface area (Å²) in [6.07, 6.45) is 0. The summed E-state index contributed by atoms with van der Waals surface area (Å²) in [5.41, 5.74) is 8.45. The van der Waals surface area contributed by atoms with Gasteiger partial charge in [-0.15, -0.1) is 0 Å². The smallest absolute Gasteiger partial charge is 0.166 e. The third-order valence-corrected chi connectivity index (χ3v) is 2.59. The largest absolute Gasteiger partial charge is 0.454 e. The van der Waals surface area contributed by atoms with E-state index in [-0.39, 0.29) is 11.4 Å². The summed E-state index contributed by atoms with van der Waals surface area (Å²) < 4.78 is 19.9. The second-order valence-electron chi connectivity index (χ2n) is 3.36. The Labute approximate surface area is 111 Å². The zero-order valence-electron chi connectivity index (χ0n) is 9.05. The number of hydrogen-bond acceptors (Lipinski definition) is 2. The van der Waals surface area contributed by atoms with E-state index >= 15 is 0 Å². The molecule has 0 fully saturated rings. The van der Waals surface area contributed by atoms with Crippen LogP contribution in [0, 0.1) is 5.82 Å². The quantitative estimate of drug-likeness (QED) is 0.430. The monoisotopic (exact) mass is 307 g/mol. The van der Waals surface area contributed by atoms with Gasteiger partial charge in [-0.3, -0.25) is 0 Å². The second-order valence-corrected chi connectivity index (χ2v) is 4.28. The number of nitrogens with zero attached hydrogens (tertiary/aromatic N) is 3. The predicted octanol–water partition coefficient (Wildman–Crippen LogP) is 5.32. The van der Waals surface area contributed by atoms with E-state index in [1.807, 2.05) is 6.07 Å². The topological polar surface area (TPSA) is 58.0 Å². The van der Waals surface area contributed by atoms with E-state index in [1.165, 1.54) is 12.1 Å². The molecule has 0 aromatic heterocycles. The van der Waals surface area contributed by atoms with Gasteiger partial charge in [0.2, 0.25) is 0 Å². The van der Waals surface area contributed by atoms with E-state index in [2.05, 4.69) is 26.0 Å². The van der Waals surface area contributed by atoms with Crippen LogP contribution in [0.4, 0.5) is 10.1 Å². The van der Waals surface area contributed by atoms with Gasteiger partial charge in [-0.05, 0) is 41.9 Å². The molecule has 2 rings (SSSR count). The molecule has 0 bridgehead atoms. The highest BCUT2D eigenvalue weighted by Gasteiger charge is 2.05. The van der Waals surface area contributed by atoms with Crippen molar-refractivity contribution < 1.29 is 9.13 Å². The van der Waals surface area contributed by atoms with Gasteiger partial charge in [0, 0.05) is 15.1 Å². The third kappa shape index (κ3) is 3.00. The number of halogens is 2. The Hall–Kier alpha value is -2.04. The lowest BCUT2D eigenvalue weighted by Crippen LogP contribution is -1.87. The molecule has 0 aliphatic rings. The molecule has 0 aliphatic carbocycles. The molecule has 6 heteroatoms. The van der Waals surface area contributed by atoms with Crippen molar-refractivity contribution in [3.05, 3.63) is 63.2 Å². The molecule has 0 saturated heterocycles. The van der Waals surface area contributed by atoms with E-state index in [4.69, 9.17) is 10.3 Å². The van der Waals surface area contributed by atoms with Crippen molar-refractivity contribution in [1.29, 1.82) is 0 Å². The number of hydrogen-bond donors (Lipinski definition) is 0. The zero-order chi connectivity index (χ0) is 13.0. The molecule has 0 saturated carbocycles. The Balaban J connectivity index is 2.27. The molecule has 0 amide bonds. The van der Waals surface area contributed by atoms with Crippen molar-refractivity contribution in [2.24, 2.45) is 5.11 Å². The van der Waals surface area contributed by atoms with Crippen LogP contribution in [0.1, 0.15) is 0 Å². The van der Waals surface area contributed by atoms with Crippen LogP contribution in [0.3, 0.4) is 0 Å². The van der Waals surface area contributed by atoms with Gasteiger partial charge < -0.3 is 4.74 Å². The van der Waals surface area contributed by atoms with Crippen LogP contribution in [0.5, 0.6) is 11.5 Å². The van der Waals surface area contributed by atoms with Crippen LogP contribution < -0.4 is 4.74 Å². The molecule has 0 aliphatic heterocycles. The summed E-state index contributed by atoms with van der Waals surface area (Å²) in [5, 5.41) is 3.31. The van der Waals surface area contributed by atoms with Crippen LogP contribution >= 0.6 is 15.9 Å². The summed E-state index contributed by atoms with van der Waals surface area (Å²) in [5.74, 6) is 0.00433. The number of rotatable bonds is 3. The van der Waals surface area contributed by atoms with Gasteiger partial charge in [0.25, 0.3) is 0 Å². The number of azide groups is 1. The van der Waals surface area contributed by atoms with Crippen LogP contribution in [0.15, 0.2) is 52.1 Å². The van der Waals surface area contributed by atoms with Gasteiger partial charge in [-0.25, -0.2) is 4.39 Å². The normalized spacial score (nSPS) is 9.67. The standard InChI is InChI=1S/C12H7BrFN3O/c13-8-2-1-3-10(6-8)18-12-5-4-9(16-17-15)7-11(12)14/h1-7H. The Morgan fingerprint density at radius 3 is 2.72 bits per heavy atom. The van der Waals surface area contributed by atoms with Crippen molar-refractivity contribution in [3.8, 4) is 11.5 Å². The Bertz CT molecular complexity index is 626. The summed E-state index contributed by atoms with van der Waals surface area (Å²) in [4.78, 5) is 2.58. The minimum absolute atomic E-state index is 0.0741. The first-order valence-corrected chi connectivity index (χ1v) is 5.76. The van der Waals surface area contributed by atoms with Crippen molar-refractivity contribution in [2.45, 2.75) is 0 Å². The molecule has 90 valence electrons. The highest BCUT2D eigenvalue weighted by atomic mass is 79.9. The Kier molecular flexibility index (Phi) is 3.82. The molecule has 2 aromatic rings. The molecule has 4 nitrogen and oxygen atoms in total. The molecule has 18 heavy (non-hydrogen) atoms. The molecule has 0 unspecified atom stereocenters. The number of benzene rings is 2. The van der Waals surface area contributed by atoms with Crippen LogP contribution in [0.25, 0.3) is 10.4 Å². The van der Waals surface area contributed by atoms with E-state index in [9.17, 15) is 4.39 Å². The molecule has 2 aromatic carbocycles. The Morgan fingerprint density at radius 1 is 1.22 bits per heavy atom.